The minimum atomic E-state index is -0.240. The molecule has 0 saturated carbocycles. The van der Waals surface area contributed by atoms with Gasteiger partial charge in [0.1, 0.15) is 12.1 Å². The molecule has 0 saturated heterocycles. The van der Waals surface area contributed by atoms with Crippen molar-refractivity contribution >= 4 is 16.9 Å². The molecule has 2 aromatic heterocycles. The fourth-order valence-corrected chi connectivity index (χ4v) is 2.07. The second-order valence-electron chi connectivity index (χ2n) is 5.56. The Morgan fingerprint density at radius 3 is 2.67 bits per heavy atom. The summed E-state index contributed by atoms with van der Waals surface area (Å²) in [4.78, 5) is 8.67. The Kier molecular flexibility index (Phi) is 3.31. The lowest BCUT2D eigenvalue weighted by Crippen LogP contribution is -2.39. The highest BCUT2D eigenvalue weighted by atomic mass is 15.3. The summed E-state index contributed by atoms with van der Waals surface area (Å²) >= 11 is 0. The van der Waals surface area contributed by atoms with Crippen LogP contribution in [0.2, 0.25) is 0 Å². The van der Waals surface area contributed by atoms with Gasteiger partial charge in [-0.25, -0.2) is 14.6 Å². The molecule has 0 fully saturated rings. The average Bonchev–Trinajstić information content (AvgIpc) is 2.93. The number of nitrogens with one attached hydrogen (secondary N) is 1. The van der Waals surface area contributed by atoms with Crippen molar-refractivity contribution in [2.75, 3.05) is 11.9 Å². The van der Waals surface area contributed by atoms with Crippen LogP contribution < -0.4 is 11.1 Å². The van der Waals surface area contributed by atoms with Gasteiger partial charge in [0, 0.05) is 12.1 Å². The molecule has 0 radical (unpaired) electrons. The molecule has 6 nitrogen and oxygen atoms in total. The maximum atomic E-state index is 5.77. The van der Waals surface area contributed by atoms with Crippen LogP contribution in [0.15, 0.2) is 42.9 Å². The number of para-hydroxylation sites is 1. The quantitative estimate of drug-likeness (QED) is 0.764. The lowest BCUT2D eigenvalue weighted by molar-refractivity contribution is 0.578. The second kappa shape index (κ2) is 5.14. The number of aromatic nitrogens is 4. The molecule has 0 aliphatic heterocycles. The molecule has 0 atom stereocenters. The lowest BCUT2D eigenvalue weighted by Gasteiger charge is -2.24. The van der Waals surface area contributed by atoms with E-state index in [4.69, 9.17) is 5.73 Å². The number of hydrogen-bond acceptors (Lipinski definition) is 5. The molecule has 0 amide bonds. The molecule has 0 unspecified atom stereocenters. The van der Waals surface area contributed by atoms with E-state index in [9.17, 15) is 0 Å². The maximum Gasteiger partial charge on any atom is 0.168 e. The van der Waals surface area contributed by atoms with E-state index in [0.717, 1.165) is 22.5 Å². The molecule has 0 bridgehead atoms. The van der Waals surface area contributed by atoms with E-state index < -0.39 is 0 Å². The minimum Gasteiger partial charge on any atom is -0.363 e. The summed E-state index contributed by atoms with van der Waals surface area (Å²) in [6, 6.07) is 9.90. The highest BCUT2D eigenvalue weighted by Crippen LogP contribution is 2.23. The zero-order valence-corrected chi connectivity index (χ0v) is 12.1. The van der Waals surface area contributed by atoms with Crippen LogP contribution in [0, 0.1) is 0 Å². The zero-order chi connectivity index (χ0) is 14.9. The SMILES string of the molecule is CC(C)(CN)Nc1ncnc2c1cnn2-c1ccccc1. The molecule has 0 aliphatic carbocycles. The van der Waals surface area contributed by atoms with Crippen molar-refractivity contribution in [3.63, 3.8) is 0 Å². The Labute approximate surface area is 123 Å². The summed E-state index contributed by atoms with van der Waals surface area (Å²) in [6.45, 7) is 4.57. The van der Waals surface area contributed by atoms with Gasteiger partial charge in [-0.1, -0.05) is 18.2 Å². The number of benzene rings is 1. The largest absolute Gasteiger partial charge is 0.363 e. The molecular weight excluding hydrogens is 264 g/mol. The van der Waals surface area contributed by atoms with Crippen LogP contribution in [0.1, 0.15) is 13.8 Å². The van der Waals surface area contributed by atoms with Gasteiger partial charge >= 0.3 is 0 Å². The van der Waals surface area contributed by atoms with Gasteiger partial charge in [-0.15, -0.1) is 0 Å². The minimum absolute atomic E-state index is 0.240. The molecule has 0 aliphatic rings. The van der Waals surface area contributed by atoms with E-state index in [2.05, 4.69) is 20.4 Å². The van der Waals surface area contributed by atoms with Crippen LogP contribution >= 0.6 is 0 Å². The standard InChI is InChI=1S/C15H18N6/c1-15(2,9-16)20-13-12-8-19-21(14(12)18-10-17-13)11-6-4-3-5-7-11/h3-8,10H,9,16H2,1-2H3,(H,17,18,20). The van der Waals surface area contributed by atoms with E-state index in [0.29, 0.717) is 6.54 Å². The highest BCUT2D eigenvalue weighted by Gasteiger charge is 2.18. The van der Waals surface area contributed by atoms with Crippen LogP contribution in [0.5, 0.6) is 0 Å². The zero-order valence-electron chi connectivity index (χ0n) is 12.1. The van der Waals surface area contributed by atoms with Gasteiger partial charge in [0.05, 0.1) is 17.3 Å². The van der Waals surface area contributed by atoms with Gasteiger partial charge in [0.2, 0.25) is 0 Å². The second-order valence-corrected chi connectivity index (χ2v) is 5.56. The van der Waals surface area contributed by atoms with Gasteiger partial charge in [0.25, 0.3) is 0 Å². The lowest BCUT2D eigenvalue weighted by atomic mass is 10.1. The van der Waals surface area contributed by atoms with Gasteiger partial charge in [-0.2, -0.15) is 5.10 Å². The summed E-state index contributed by atoms with van der Waals surface area (Å²) in [5.74, 6) is 0.748. The third-order valence-corrected chi connectivity index (χ3v) is 3.33. The number of nitrogens with two attached hydrogens (primary N) is 1. The number of hydrogen-bond donors (Lipinski definition) is 2. The van der Waals surface area contributed by atoms with Crippen molar-refractivity contribution in [2.45, 2.75) is 19.4 Å². The Balaban J connectivity index is 2.09. The average molecular weight is 282 g/mol. The molecule has 21 heavy (non-hydrogen) atoms. The van der Waals surface area contributed by atoms with Crippen molar-refractivity contribution < 1.29 is 0 Å². The van der Waals surface area contributed by atoms with Crippen molar-refractivity contribution in [1.29, 1.82) is 0 Å². The molecule has 3 N–H and O–H groups in total. The van der Waals surface area contributed by atoms with E-state index >= 15 is 0 Å². The summed E-state index contributed by atoms with van der Waals surface area (Å²) in [7, 11) is 0. The van der Waals surface area contributed by atoms with Gasteiger partial charge in [0.15, 0.2) is 5.65 Å². The summed E-state index contributed by atoms with van der Waals surface area (Å²) in [5.41, 5.74) is 7.27. The first-order valence-electron chi connectivity index (χ1n) is 6.83. The van der Waals surface area contributed by atoms with Crippen molar-refractivity contribution in [3.8, 4) is 5.69 Å². The molecule has 6 heteroatoms. The van der Waals surface area contributed by atoms with E-state index in [1.54, 1.807) is 17.2 Å². The summed E-state index contributed by atoms with van der Waals surface area (Å²) in [6.07, 6.45) is 3.32. The summed E-state index contributed by atoms with van der Waals surface area (Å²) < 4.78 is 1.80. The maximum absolute atomic E-state index is 5.77. The van der Waals surface area contributed by atoms with Gasteiger partial charge < -0.3 is 11.1 Å². The number of nitrogens with zero attached hydrogens (tertiary/aromatic N) is 4. The molecule has 0 spiro atoms. The van der Waals surface area contributed by atoms with E-state index in [1.165, 1.54) is 0 Å². The van der Waals surface area contributed by atoms with Gasteiger partial charge in [-0.05, 0) is 26.0 Å². The van der Waals surface area contributed by atoms with Crippen LogP contribution in [-0.4, -0.2) is 31.8 Å². The van der Waals surface area contributed by atoms with E-state index in [1.807, 2.05) is 44.2 Å². The smallest absolute Gasteiger partial charge is 0.168 e. The van der Waals surface area contributed by atoms with E-state index in [-0.39, 0.29) is 5.54 Å². The molecular formula is C15H18N6. The Morgan fingerprint density at radius 1 is 1.19 bits per heavy atom. The monoisotopic (exact) mass is 282 g/mol. The van der Waals surface area contributed by atoms with Crippen molar-refractivity contribution in [1.82, 2.24) is 19.7 Å². The first-order chi connectivity index (χ1) is 10.1. The topological polar surface area (TPSA) is 81.7 Å². The van der Waals surface area contributed by atoms with Crippen LogP contribution in [-0.2, 0) is 0 Å². The number of anilines is 1. The number of rotatable bonds is 4. The first-order valence-corrected chi connectivity index (χ1v) is 6.83. The Morgan fingerprint density at radius 2 is 1.95 bits per heavy atom. The van der Waals surface area contributed by atoms with Crippen molar-refractivity contribution in [2.24, 2.45) is 5.73 Å². The number of fused-ring (bicyclic) bond motifs is 1. The third-order valence-electron chi connectivity index (χ3n) is 3.33. The molecule has 3 rings (SSSR count). The Bertz CT molecular complexity index is 747. The predicted molar refractivity (Wildman–Crippen MR) is 83.4 cm³/mol. The predicted octanol–water partition coefficient (Wildman–Crippen LogP) is 1.96. The summed E-state index contributed by atoms with van der Waals surface area (Å²) in [5, 5.41) is 8.65. The molecule has 108 valence electrons. The van der Waals surface area contributed by atoms with Crippen molar-refractivity contribution in [3.05, 3.63) is 42.9 Å². The Hall–Kier alpha value is -2.47. The van der Waals surface area contributed by atoms with Crippen LogP contribution in [0.3, 0.4) is 0 Å². The molecule has 3 aromatic rings. The fraction of sp³-hybridized carbons (Fsp3) is 0.267. The third kappa shape index (κ3) is 2.57. The normalized spacial score (nSPS) is 11.8. The van der Waals surface area contributed by atoms with Gasteiger partial charge in [-0.3, -0.25) is 0 Å². The molecule has 1 aromatic carbocycles. The molecule has 2 heterocycles. The van der Waals surface area contributed by atoms with Crippen LogP contribution in [0.4, 0.5) is 5.82 Å². The van der Waals surface area contributed by atoms with Crippen LogP contribution in [0.25, 0.3) is 16.7 Å². The highest BCUT2D eigenvalue weighted by molar-refractivity contribution is 5.87. The fourth-order valence-electron chi connectivity index (χ4n) is 2.07. The first kappa shape index (κ1) is 13.5.